The van der Waals surface area contributed by atoms with Crippen LogP contribution in [0.2, 0.25) is 0 Å². The largest absolute Gasteiger partial charge is 0.376 e. The molecule has 0 spiro atoms. The first-order valence-corrected chi connectivity index (χ1v) is 7.81. The second-order valence-corrected chi connectivity index (χ2v) is 6.06. The lowest BCUT2D eigenvalue weighted by Gasteiger charge is -2.40. The van der Waals surface area contributed by atoms with Crippen LogP contribution in [0.25, 0.3) is 0 Å². The molecule has 4 atom stereocenters. The Hall–Kier alpha value is -0.160. The van der Waals surface area contributed by atoms with E-state index in [1.54, 1.807) is 0 Å². The van der Waals surface area contributed by atoms with Crippen LogP contribution in [-0.4, -0.2) is 73.5 Å². The highest BCUT2D eigenvalue weighted by Gasteiger charge is 2.27. The molecule has 0 unspecified atom stereocenters. The quantitative estimate of drug-likeness (QED) is 0.774. The summed E-state index contributed by atoms with van der Waals surface area (Å²) in [5.41, 5.74) is 0. The molecule has 2 aliphatic heterocycles. The smallest absolute Gasteiger partial charge is 0.0700 e. The van der Waals surface area contributed by atoms with E-state index >= 15 is 0 Å². The van der Waals surface area contributed by atoms with Gasteiger partial charge in [-0.3, -0.25) is 9.80 Å². The number of nitrogens with zero attached hydrogens (tertiary/aromatic N) is 2. The van der Waals surface area contributed by atoms with Crippen LogP contribution in [0.15, 0.2) is 0 Å². The summed E-state index contributed by atoms with van der Waals surface area (Å²) in [7, 11) is 0. The molecule has 4 heteroatoms. The fraction of sp³-hybridized carbons (Fsp3) is 1.00. The molecule has 0 aromatic carbocycles. The SMILES string of the molecule is C[C@@H]1OCCN(CCCN2CCO[C@H](C)[C@H]2C)[C@H]1C. The zero-order chi connectivity index (χ0) is 13.8. The Morgan fingerprint density at radius 1 is 0.789 bits per heavy atom. The van der Waals surface area contributed by atoms with Gasteiger partial charge >= 0.3 is 0 Å². The summed E-state index contributed by atoms with van der Waals surface area (Å²) in [6.45, 7) is 15.2. The number of hydrogen-bond donors (Lipinski definition) is 0. The lowest BCUT2D eigenvalue weighted by atomic mass is 10.1. The number of morpholine rings is 2. The summed E-state index contributed by atoms with van der Waals surface area (Å²) in [5.74, 6) is 0. The van der Waals surface area contributed by atoms with Gasteiger partial charge in [-0.15, -0.1) is 0 Å². The summed E-state index contributed by atoms with van der Waals surface area (Å²) in [6.07, 6.45) is 1.99. The molecular formula is C15H30N2O2. The maximum atomic E-state index is 5.68. The average Bonchev–Trinajstić information content (AvgIpc) is 2.39. The fourth-order valence-corrected chi connectivity index (χ4v) is 3.10. The van der Waals surface area contributed by atoms with Crippen LogP contribution in [0.3, 0.4) is 0 Å². The second-order valence-electron chi connectivity index (χ2n) is 6.06. The molecule has 0 radical (unpaired) electrons. The van der Waals surface area contributed by atoms with Crippen LogP contribution in [0.1, 0.15) is 34.1 Å². The average molecular weight is 270 g/mol. The normalized spacial score (nSPS) is 38.5. The predicted molar refractivity (Wildman–Crippen MR) is 77.5 cm³/mol. The molecule has 2 aliphatic rings. The van der Waals surface area contributed by atoms with Crippen LogP contribution < -0.4 is 0 Å². The monoisotopic (exact) mass is 270 g/mol. The van der Waals surface area contributed by atoms with E-state index in [1.807, 2.05) is 0 Å². The summed E-state index contributed by atoms with van der Waals surface area (Å²) in [6, 6.07) is 1.10. The summed E-state index contributed by atoms with van der Waals surface area (Å²) < 4.78 is 11.4. The molecule has 2 rings (SSSR count). The highest BCUT2D eigenvalue weighted by Crippen LogP contribution is 2.16. The Morgan fingerprint density at radius 2 is 1.21 bits per heavy atom. The molecule has 0 aliphatic carbocycles. The van der Waals surface area contributed by atoms with Gasteiger partial charge in [0.2, 0.25) is 0 Å². The van der Waals surface area contributed by atoms with Gasteiger partial charge in [0.25, 0.3) is 0 Å². The van der Waals surface area contributed by atoms with Gasteiger partial charge in [0.15, 0.2) is 0 Å². The van der Waals surface area contributed by atoms with Crippen LogP contribution in [0, 0.1) is 0 Å². The number of hydrogen-bond acceptors (Lipinski definition) is 4. The standard InChI is InChI=1S/C15H30N2O2/c1-12-14(3)18-10-8-16(12)6-5-7-17-9-11-19-15(4)13(17)2/h12-15H,5-11H2,1-4H3/t12-,13+,14-,15+. The molecule has 2 saturated heterocycles. The van der Waals surface area contributed by atoms with Crippen molar-refractivity contribution >= 4 is 0 Å². The molecule has 4 nitrogen and oxygen atoms in total. The van der Waals surface area contributed by atoms with Gasteiger partial charge in [-0.1, -0.05) is 0 Å². The Bertz CT molecular complexity index is 249. The molecule has 0 saturated carbocycles. The third-order valence-electron chi connectivity index (χ3n) is 4.92. The lowest BCUT2D eigenvalue weighted by molar-refractivity contribution is -0.0654. The zero-order valence-electron chi connectivity index (χ0n) is 13.0. The Kier molecular flexibility index (Phi) is 5.63. The van der Waals surface area contributed by atoms with Crippen molar-refractivity contribution in [1.82, 2.24) is 9.80 Å². The van der Waals surface area contributed by atoms with E-state index in [-0.39, 0.29) is 0 Å². The van der Waals surface area contributed by atoms with Gasteiger partial charge in [0.05, 0.1) is 25.4 Å². The lowest BCUT2D eigenvalue weighted by Crippen LogP contribution is -2.51. The summed E-state index contributed by atoms with van der Waals surface area (Å²) >= 11 is 0. The Balaban J connectivity index is 1.71. The molecular weight excluding hydrogens is 240 g/mol. The third kappa shape index (κ3) is 3.91. The highest BCUT2D eigenvalue weighted by molar-refractivity contribution is 4.80. The van der Waals surface area contributed by atoms with E-state index in [1.165, 1.54) is 19.5 Å². The van der Waals surface area contributed by atoms with Crippen molar-refractivity contribution in [3.05, 3.63) is 0 Å². The Morgan fingerprint density at radius 3 is 1.63 bits per heavy atom. The van der Waals surface area contributed by atoms with Crippen molar-refractivity contribution in [2.75, 3.05) is 39.4 Å². The van der Waals surface area contributed by atoms with Crippen molar-refractivity contribution in [2.45, 2.75) is 58.4 Å². The van der Waals surface area contributed by atoms with Crippen LogP contribution in [0.5, 0.6) is 0 Å². The molecule has 0 bridgehead atoms. The summed E-state index contributed by atoms with van der Waals surface area (Å²) in [4.78, 5) is 5.14. The number of rotatable bonds is 4. The first-order valence-electron chi connectivity index (χ1n) is 7.81. The van der Waals surface area contributed by atoms with Crippen molar-refractivity contribution in [3.63, 3.8) is 0 Å². The third-order valence-corrected chi connectivity index (χ3v) is 4.92. The van der Waals surface area contributed by atoms with Crippen molar-refractivity contribution in [1.29, 1.82) is 0 Å². The molecule has 0 aromatic heterocycles. The maximum Gasteiger partial charge on any atom is 0.0700 e. The van der Waals surface area contributed by atoms with E-state index < -0.39 is 0 Å². The Labute approximate surface area is 118 Å². The first-order chi connectivity index (χ1) is 9.09. The minimum absolute atomic E-state index is 0.371. The molecule has 0 N–H and O–H groups in total. The maximum absolute atomic E-state index is 5.68. The zero-order valence-corrected chi connectivity index (χ0v) is 13.0. The van der Waals surface area contributed by atoms with Crippen molar-refractivity contribution in [2.24, 2.45) is 0 Å². The van der Waals surface area contributed by atoms with Gasteiger partial charge in [-0.25, -0.2) is 0 Å². The van der Waals surface area contributed by atoms with E-state index in [4.69, 9.17) is 9.47 Å². The van der Waals surface area contributed by atoms with E-state index in [0.717, 1.165) is 26.3 Å². The van der Waals surface area contributed by atoms with Gasteiger partial charge in [-0.2, -0.15) is 0 Å². The fourth-order valence-electron chi connectivity index (χ4n) is 3.10. The predicted octanol–water partition coefficient (Wildman–Crippen LogP) is 1.59. The van der Waals surface area contributed by atoms with Gasteiger partial charge in [0, 0.05) is 25.2 Å². The van der Waals surface area contributed by atoms with Gasteiger partial charge in [0.1, 0.15) is 0 Å². The molecule has 19 heavy (non-hydrogen) atoms. The minimum Gasteiger partial charge on any atom is -0.376 e. The minimum atomic E-state index is 0.371. The number of ether oxygens (including phenoxy) is 2. The summed E-state index contributed by atoms with van der Waals surface area (Å²) in [5, 5.41) is 0. The molecule has 0 aromatic rings. The molecule has 112 valence electrons. The van der Waals surface area contributed by atoms with E-state index in [9.17, 15) is 0 Å². The molecule has 2 heterocycles. The van der Waals surface area contributed by atoms with Gasteiger partial charge < -0.3 is 9.47 Å². The van der Waals surface area contributed by atoms with E-state index in [0.29, 0.717) is 24.3 Å². The van der Waals surface area contributed by atoms with Crippen LogP contribution in [-0.2, 0) is 9.47 Å². The van der Waals surface area contributed by atoms with Crippen LogP contribution in [0.4, 0.5) is 0 Å². The second kappa shape index (κ2) is 7.02. The van der Waals surface area contributed by atoms with Gasteiger partial charge in [-0.05, 0) is 47.2 Å². The molecule has 2 fully saturated rings. The van der Waals surface area contributed by atoms with E-state index in [2.05, 4.69) is 37.5 Å². The topological polar surface area (TPSA) is 24.9 Å². The van der Waals surface area contributed by atoms with Crippen molar-refractivity contribution < 1.29 is 9.47 Å². The first kappa shape index (κ1) is 15.2. The highest BCUT2D eigenvalue weighted by atomic mass is 16.5. The van der Waals surface area contributed by atoms with Crippen LogP contribution >= 0.6 is 0 Å². The molecule has 0 amide bonds. The van der Waals surface area contributed by atoms with Crippen molar-refractivity contribution in [3.8, 4) is 0 Å².